The lowest BCUT2D eigenvalue weighted by Gasteiger charge is -2.35. The number of aryl methyl sites for hydroxylation is 4. The quantitative estimate of drug-likeness (QED) is 0.703. The van der Waals surface area contributed by atoms with Gasteiger partial charge < -0.3 is 9.09 Å². The highest BCUT2D eigenvalue weighted by atomic mass is 16.5. The molecule has 0 amide bonds. The minimum absolute atomic E-state index is 0.279. The van der Waals surface area contributed by atoms with Gasteiger partial charge in [-0.2, -0.15) is 0 Å². The second-order valence-corrected chi connectivity index (χ2v) is 7.47. The number of aromatic nitrogens is 5. The molecule has 0 radical (unpaired) electrons. The fourth-order valence-electron chi connectivity index (χ4n) is 3.95. The minimum atomic E-state index is 0.279. The molecule has 1 aliphatic heterocycles. The fourth-order valence-corrected chi connectivity index (χ4v) is 3.95. The van der Waals surface area contributed by atoms with Gasteiger partial charge in [-0.05, 0) is 46.2 Å². The Labute approximate surface area is 159 Å². The first-order valence-corrected chi connectivity index (χ1v) is 9.51. The van der Waals surface area contributed by atoms with Crippen LogP contribution in [0.5, 0.6) is 0 Å². The molecule has 7 nitrogen and oxygen atoms in total. The Bertz CT molecular complexity index is 924. The number of imidazole rings is 1. The third-order valence-electron chi connectivity index (χ3n) is 5.21. The molecule has 1 aliphatic rings. The summed E-state index contributed by atoms with van der Waals surface area (Å²) in [5.41, 5.74) is 4.89. The summed E-state index contributed by atoms with van der Waals surface area (Å²) >= 11 is 0. The van der Waals surface area contributed by atoms with E-state index in [1.54, 1.807) is 0 Å². The maximum absolute atomic E-state index is 5.33. The Hall–Kier alpha value is -2.54. The Kier molecular flexibility index (Phi) is 4.78. The summed E-state index contributed by atoms with van der Waals surface area (Å²) in [6.07, 6.45) is 7.48. The van der Waals surface area contributed by atoms with Crippen LogP contribution in [0.2, 0.25) is 0 Å². The molecular formula is C20H26N6O. The highest BCUT2D eigenvalue weighted by Gasteiger charge is 2.27. The third kappa shape index (κ3) is 3.64. The van der Waals surface area contributed by atoms with Gasteiger partial charge in [-0.15, -0.1) is 0 Å². The molecule has 0 bridgehead atoms. The lowest BCUT2D eigenvalue weighted by Crippen LogP contribution is -2.33. The number of nitrogens with zero attached hydrogens (tertiary/aromatic N) is 6. The maximum atomic E-state index is 5.33. The fraction of sp³-hybridized carbons (Fsp3) is 0.500. The van der Waals surface area contributed by atoms with E-state index in [1.807, 2.05) is 38.7 Å². The van der Waals surface area contributed by atoms with E-state index in [2.05, 4.69) is 32.3 Å². The van der Waals surface area contributed by atoms with E-state index in [-0.39, 0.29) is 6.04 Å². The van der Waals surface area contributed by atoms with Crippen LogP contribution in [0.1, 0.15) is 53.8 Å². The van der Waals surface area contributed by atoms with Gasteiger partial charge in [-0.3, -0.25) is 4.90 Å². The molecule has 0 aliphatic carbocycles. The van der Waals surface area contributed by atoms with Crippen LogP contribution in [0, 0.1) is 20.8 Å². The first-order chi connectivity index (χ1) is 13.0. The number of rotatable bonds is 4. The van der Waals surface area contributed by atoms with Crippen LogP contribution >= 0.6 is 0 Å². The van der Waals surface area contributed by atoms with E-state index in [9.17, 15) is 0 Å². The number of likely N-dealkylation sites (tertiary alicyclic amines) is 1. The molecular weight excluding hydrogens is 340 g/mol. The number of hydrogen-bond acceptors (Lipinski definition) is 6. The molecule has 3 aromatic heterocycles. The molecule has 0 N–H and O–H groups in total. The summed E-state index contributed by atoms with van der Waals surface area (Å²) in [5, 5.41) is 4.06. The third-order valence-corrected chi connectivity index (χ3v) is 5.21. The van der Waals surface area contributed by atoms with Gasteiger partial charge >= 0.3 is 0 Å². The summed E-state index contributed by atoms with van der Waals surface area (Å²) < 4.78 is 7.33. The van der Waals surface area contributed by atoms with Crippen molar-refractivity contribution in [1.82, 2.24) is 29.6 Å². The lowest BCUT2D eigenvalue weighted by molar-refractivity contribution is 0.135. The molecule has 27 heavy (non-hydrogen) atoms. The Morgan fingerprint density at radius 3 is 2.74 bits per heavy atom. The van der Waals surface area contributed by atoms with E-state index >= 15 is 0 Å². The highest BCUT2D eigenvalue weighted by molar-refractivity contribution is 5.60. The molecule has 1 atom stereocenters. The Balaban J connectivity index is 1.68. The normalized spacial score (nSPS) is 18.1. The van der Waals surface area contributed by atoms with Crippen molar-refractivity contribution in [2.24, 2.45) is 7.05 Å². The van der Waals surface area contributed by atoms with Crippen molar-refractivity contribution in [2.75, 3.05) is 6.54 Å². The van der Waals surface area contributed by atoms with Crippen LogP contribution in [-0.4, -0.2) is 36.1 Å². The van der Waals surface area contributed by atoms with Crippen molar-refractivity contribution in [3.63, 3.8) is 0 Å². The number of piperidine rings is 1. The summed E-state index contributed by atoms with van der Waals surface area (Å²) in [5.74, 6) is 1.47. The standard InChI is InChI=1S/C20H26N6O/c1-13-9-17(23-20(22-13)19-14(2)24-27-15(19)3)18-7-5-6-8-26(18)11-16-10-25(4)12-21-16/h9-10,12,18H,5-8,11H2,1-4H3/t18-/m1/s1. The van der Waals surface area contributed by atoms with Crippen LogP contribution in [0.4, 0.5) is 0 Å². The molecule has 0 unspecified atom stereocenters. The molecule has 1 saturated heterocycles. The summed E-state index contributed by atoms with van der Waals surface area (Å²) in [6.45, 7) is 7.78. The van der Waals surface area contributed by atoms with Crippen molar-refractivity contribution >= 4 is 0 Å². The van der Waals surface area contributed by atoms with Crippen LogP contribution in [-0.2, 0) is 13.6 Å². The second-order valence-electron chi connectivity index (χ2n) is 7.47. The summed E-state index contributed by atoms with van der Waals surface area (Å²) in [7, 11) is 2.01. The van der Waals surface area contributed by atoms with E-state index in [4.69, 9.17) is 9.51 Å². The average Bonchev–Trinajstić information content (AvgIpc) is 3.19. The average molecular weight is 366 g/mol. The monoisotopic (exact) mass is 366 g/mol. The zero-order chi connectivity index (χ0) is 19.0. The maximum Gasteiger partial charge on any atom is 0.165 e. The van der Waals surface area contributed by atoms with Crippen molar-refractivity contribution < 1.29 is 4.52 Å². The second kappa shape index (κ2) is 7.23. The predicted molar refractivity (Wildman–Crippen MR) is 102 cm³/mol. The van der Waals surface area contributed by atoms with E-state index in [0.29, 0.717) is 5.82 Å². The van der Waals surface area contributed by atoms with Crippen molar-refractivity contribution in [3.8, 4) is 11.4 Å². The lowest BCUT2D eigenvalue weighted by atomic mass is 9.98. The van der Waals surface area contributed by atoms with Gasteiger partial charge in [-0.1, -0.05) is 11.6 Å². The van der Waals surface area contributed by atoms with Gasteiger partial charge in [0, 0.05) is 25.5 Å². The van der Waals surface area contributed by atoms with Crippen LogP contribution in [0.25, 0.3) is 11.4 Å². The van der Waals surface area contributed by atoms with Crippen molar-refractivity contribution in [3.05, 3.63) is 47.1 Å². The minimum Gasteiger partial charge on any atom is -0.361 e. The molecule has 4 rings (SSSR count). The van der Waals surface area contributed by atoms with Gasteiger partial charge in [0.05, 0.1) is 35.0 Å². The number of hydrogen-bond donors (Lipinski definition) is 0. The topological polar surface area (TPSA) is 72.9 Å². The highest BCUT2D eigenvalue weighted by Crippen LogP contribution is 2.33. The van der Waals surface area contributed by atoms with E-state index < -0.39 is 0 Å². The van der Waals surface area contributed by atoms with Gasteiger partial charge in [0.1, 0.15) is 5.76 Å². The molecule has 142 valence electrons. The summed E-state index contributed by atoms with van der Waals surface area (Å²) in [4.78, 5) is 16.6. The molecule has 0 spiro atoms. The first kappa shape index (κ1) is 17.9. The Morgan fingerprint density at radius 2 is 2.04 bits per heavy atom. The molecule has 0 aromatic carbocycles. The SMILES string of the molecule is Cc1cc([C@H]2CCCCN2Cc2cn(C)cn2)nc(-c2c(C)noc2C)n1. The molecule has 4 heterocycles. The van der Waals surface area contributed by atoms with E-state index in [1.165, 1.54) is 12.8 Å². The smallest absolute Gasteiger partial charge is 0.165 e. The van der Waals surface area contributed by atoms with Crippen LogP contribution < -0.4 is 0 Å². The van der Waals surface area contributed by atoms with Crippen molar-refractivity contribution in [2.45, 2.75) is 52.6 Å². The summed E-state index contributed by atoms with van der Waals surface area (Å²) in [6, 6.07) is 2.39. The zero-order valence-electron chi connectivity index (χ0n) is 16.4. The molecule has 7 heteroatoms. The van der Waals surface area contributed by atoms with Gasteiger partial charge in [0.15, 0.2) is 5.82 Å². The predicted octanol–water partition coefficient (Wildman–Crippen LogP) is 3.52. The van der Waals surface area contributed by atoms with Gasteiger partial charge in [0.2, 0.25) is 0 Å². The van der Waals surface area contributed by atoms with Gasteiger partial charge in [0.25, 0.3) is 0 Å². The van der Waals surface area contributed by atoms with Crippen LogP contribution in [0.15, 0.2) is 23.1 Å². The Morgan fingerprint density at radius 1 is 1.19 bits per heavy atom. The molecule has 3 aromatic rings. The van der Waals surface area contributed by atoms with E-state index in [0.717, 1.165) is 53.6 Å². The zero-order valence-corrected chi connectivity index (χ0v) is 16.4. The van der Waals surface area contributed by atoms with Crippen molar-refractivity contribution in [1.29, 1.82) is 0 Å². The molecule has 0 saturated carbocycles. The van der Waals surface area contributed by atoms with Crippen LogP contribution in [0.3, 0.4) is 0 Å². The van der Waals surface area contributed by atoms with Gasteiger partial charge in [-0.25, -0.2) is 15.0 Å². The largest absolute Gasteiger partial charge is 0.361 e. The first-order valence-electron chi connectivity index (χ1n) is 9.51. The molecule has 1 fully saturated rings.